The third-order valence-corrected chi connectivity index (χ3v) is 3.26. The Morgan fingerprint density at radius 1 is 1.44 bits per heavy atom. The van der Waals surface area contributed by atoms with E-state index in [0.717, 1.165) is 11.8 Å². The van der Waals surface area contributed by atoms with E-state index in [1.54, 1.807) is 12.1 Å². The minimum Gasteiger partial charge on any atom is -0.389 e. The number of halogens is 1. The van der Waals surface area contributed by atoms with Crippen molar-refractivity contribution in [3.63, 3.8) is 0 Å². The predicted molar refractivity (Wildman–Crippen MR) is 66.0 cm³/mol. The lowest BCUT2D eigenvalue weighted by Crippen LogP contribution is -2.06. The molecule has 0 fully saturated rings. The molecule has 2 N–H and O–H groups in total. The molecule has 0 radical (unpaired) electrons. The van der Waals surface area contributed by atoms with Gasteiger partial charge in [-0.05, 0) is 19.1 Å². The number of aromatic nitrogens is 2. The lowest BCUT2D eigenvalue weighted by Gasteiger charge is -2.11. The van der Waals surface area contributed by atoms with Gasteiger partial charge in [-0.15, -0.1) is 0 Å². The first-order chi connectivity index (χ1) is 8.58. The van der Waals surface area contributed by atoms with Gasteiger partial charge in [-0.25, -0.2) is 9.37 Å². The van der Waals surface area contributed by atoms with E-state index in [4.69, 9.17) is 0 Å². The standard InChI is InChI=1S/C12H11FN2O2S/c1-7(16)11-8(13)3-2-4-9(11)18-12-14-6-5-10(17)15-12/h2-7,16H,1H3,(H,14,15,17). The summed E-state index contributed by atoms with van der Waals surface area (Å²) in [6.45, 7) is 1.49. The molecule has 1 heterocycles. The van der Waals surface area contributed by atoms with E-state index in [1.165, 1.54) is 25.3 Å². The van der Waals surface area contributed by atoms with Crippen LogP contribution in [0.3, 0.4) is 0 Å². The molecular formula is C12H11FN2O2S. The van der Waals surface area contributed by atoms with Gasteiger partial charge in [-0.1, -0.05) is 17.8 Å². The number of aliphatic hydroxyl groups is 1. The Bertz CT molecular complexity index is 613. The number of nitrogens with one attached hydrogen (secondary N) is 1. The second-order valence-corrected chi connectivity index (χ2v) is 4.70. The van der Waals surface area contributed by atoms with Gasteiger partial charge in [0.15, 0.2) is 5.16 Å². The summed E-state index contributed by atoms with van der Waals surface area (Å²) in [4.78, 5) is 18.2. The van der Waals surface area contributed by atoms with Gasteiger partial charge >= 0.3 is 0 Å². The first-order valence-electron chi connectivity index (χ1n) is 5.27. The number of hydrogen-bond acceptors (Lipinski definition) is 4. The maximum Gasteiger partial charge on any atom is 0.251 e. The molecule has 0 aliphatic heterocycles. The maximum atomic E-state index is 13.6. The molecular weight excluding hydrogens is 255 g/mol. The molecule has 0 saturated carbocycles. The summed E-state index contributed by atoms with van der Waals surface area (Å²) >= 11 is 1.10. The van der Waals surface area contributed by atoms with Crippen LogP contribution < -0.4 is 5.56 Å². The SMILES string of the molecule is CC(O)c1c(F)cccc1Sc1nccc(=O)[nH]1. The zero-order valence-electron chi connectivity index (χ0n) is 9.55. The molecule has 18 heavy (non-hydrogen) atoms. The molecule has 94 valence electrons. The summed E-state index contributed by atoms with van der Waals surface area (Å²) in [5.41, 5.74) is -0.0727. The average molecular weight is 266 g/mol. The number of aromatic amines is 1. The number of benzene rings is 1. The zero-order valence-corrected chi connectivity index (χ0v) is 10.4. The topological polar surface area (TPSA) is 66.0 Å². The molecule has 0 aliphatic rings. The molecule has 0 saturated heterocycles. The molecule has 2 rings (SSSR count). The Morgan fingerprint density at radius 2 is 2.22 bits per heavy atom. The van der Waals surface area contributed by atoms with Gasteiger partial charge < -0.3 is 10.1 Å². The Hall–Kier alpha value is -1.66. The number of rotatable bonds is 3. The highest BCUT2D eigenvalue weighted by atomic mass is 32.2. The van der Waals surface area contributed by atoms with Gasteiger partial charge in [0, 0.05) is 22.7 Å². The van der Waals surface area contributed by atoms with Crippen molar-refractivity contribution >= 4 is 11.8 Å². The van der Waals surface area contributed by atoms with E-state index in [1.807, 2.05) is 0 Å². The molecule has 6 heteroatoms. The van der Waals surface area contributed by atoms with Crippen molar-refractivity contribution in [1.29, 1.82) is 0 Å². The fourth-order valence-corrected chi connectivity index (χ4v) is 2.52. The van der Waals surface area contributed by atoms with Crippen molar-refractivity contribution in [2.45, 2.75) is 23.1 Å². The van der Waals surface area contributed by atoms with Gasteiger partial charge in [0.1, 0.15) is 5.82 Å². The van der Waals surface area contributed by atoms with E-state index in [9.17, 15) is 14.3 Å². The molecule has 0 amide bonds. The summed E-state index contributed by atoms with van der Waals surface area (Å²) in [7, 11) is 0. The molecule has 4 nitrogen and oxygen atoms in total. The lowest BCUT2D eigenvalue weighted by atomic mass is 10.1. The van der Waals surface area contributed by atoms with Crippen molar-refractivity contribution in [2.24, 2.45) is 0 Å². The monoisotopic (exact) mass is 266 g/mol. The molecule has 1 atom stereocenters. The quantitative estimate of drug-likeness (QED) is 0.835. The first-order valence-corrected chi connectivity index (χ1v) is 6.09. The highest BCUT2D eigenvalue weighted by Gasteiger charge is 2.14. The summed E-state index contributed by atoms with van der Waals surface area (Å²) in [5.74, 6) is -0.478. The van der Waals surface area contributed by atoms with Crippen LogP contribution in [0.2, 0.25) is 0 Å². The maximum absolute atomic E-state index is 13.6. The largest absolute Gasteiger partial charge is 0.389 e. The average Bonchev–Trinajstić information content (AvgIpc) is 2.28. The van der Waals surface area contributed by atoms with Crippen LogP contribution in [-0.4, -0.2) is 15.1 Å². The van der Waals surface area contributed by atoms with Gasteiger partial charge in [0.05, 0.1) is 6.10 Å². The molecule has 0 spiro atoms. The van der Waals surface area contributed by atoms with Crippen LogP contribution in [0, 0.1) is 5.82 Å². The molecule has 0 bridgehead atoms. The first kappa shape index (κ1) is 12.8. The normalized spacial score (nSPS) is 12.4. The van der Waals surface area contributed by atoms with Crippen LogP contribution in [0.1, 0.15) is 18.6 Å². The fraction of sp³-hybridized carbons (Fsp3) is 0.167. The van der Waals surface area contributed by atoms with Crippen molar-refractivity contribution < 1.29 is 9.50 Å². The summed E-state index contributed by atoms with van der Waals surface area (Å²) < 4.78 is 13.6. The number of H-pyrrole nitrogens is 1. The van der Waals surface area contributed by atoms with Gasteiger partial charge in [-0.3, -0.25) is 4.79 Å². The molecule has 1 aromatic heterocycles. The molecule has 0 aliphatic carbocycles. The number of aliphatic hydroxyl groups excluding tert-OH is 1. The van der Waals surface area contributed by atoms with Gasteiger partial charge in [0.2, 0.25) is 0 Å². The Labute approximate surface area is 107 Å². The molecule has 1 unspecified atom stereocenters. The molecule has 1 aromatic carbocycles. The lowest BCUT2D eigenvalue weighted by molar-refractivity contribution is 0.191. The van der Waals surface area contributed by atoms with Crippen LogP contribution in [0.25, 0.3) is 0 Å². The fourth-order valence-electron chi connectivity index (χ4n) is 1.52. The second kappa shape index (κ2) is 5.32. The third kappa shape index (κ3) is 2.77. The van der Waals surface area contributed by atoms with Gasteiger partial charge in [0.25, 0.3) is 5.56 Å². The Kier molecular flexibility index (Phi) is 3.78. The van der Waals surface area contributed by atoms with E-state index >= 15 is 0 Å². The van der Waals surface area contributed by atoms with Crippen LogP contribution in [0.5, 0.6) is 0 Å². The van der Waals surface area contributed by atoms with Crippen LogP contribution in [0.15, 0.2) is 45.3 Å². The van der Waals surface area contributed by atoms with Crippen molar-refractivity contribution in [2.75, 3.05) is 0 Å². The second-order valence-electron chi connectivity index (χ2n) is 3.67. The summed E-state index contributed by atoms with van der Waals surface area (Å²) in [5, 5.41) is 9.93. The van der Waals surface area contributed by atoms with Crippen LogP contribution in [0.4, 0.5) is 4.39 Å². The van der Waals surface area contributed by atoms with E-state index in [0.29, 0.717) is 10.1 Å². The van der Waals surface area contributed by atoms with E-state index < -0.39 is 11.9 Å². The highest BCUT2D eigenvalue weighted by Crippen LogP contribution is 2.32. The predicted octanol–water partition coefficient (Wildman–Crippen LogP) is 2.11. The zero-order chi connectivity index (χ0) is 13.1. The number of nitrogens with zero attached hydrogens (tertiary/aromatic N) is 1. The third-order valence-electron chi connectivity index (χ3n) is 2.29. The Balaban J connectivity index is 2.40. The summed E-state index contributed by atoms with van der Waals surface area (Å²) in [6, 6.07) is 5.80. The van der Waals surface area contributed by atoms with E-state index in [2.05, 4.69) is 9.97 Å². The number of hydrogen-bond donors (Lipinski definition) is 2. The van der Waals surface area contributed by atoms with Crippen molar-refractivity contribution in [1.82, 2.24) is 9.97 Å². The van der Waals surface area contributed by atoms with Gasteiger partial charge in [-0.2, -0.15) is 0 Å². The summed E-state index contributed by atoms with van der Waals surface area (Å²) in [6.07, 6.45) is 0.451. The van der Waals surface area contributed by atoms with Crippen LogP contribution in [-0.2, 0) is 0 Å². The highest BCUT2D eigenvalue weighted by molar-refractivity contribution is 7.99. The minimum atomic E-state index is -0.927. The Morgan fingerprint density at radius 3 is 2.89 bits per heavy atom. The smallest absolute Gasteiger partial charge is 0.251 e. The van der Waals surface area contributed by atoms with E-state index in [-0.39, 0.29) is 11.1 Å². The minimum absolute atomic E-state index is 0.203. The van der Waals surface area contributed by atoms with Crippen molar-refractivity contribution in [3.05, 3.63) is 52.2 Å². The molecule has 2 aromatic rings. The van der Waals surface area contributed by atoms with Crippen molar-refractivity contribution in [3.8, 4) is 0 Å². The van der Waals surface area contributed by atoms with Crippen LogP contribution >= 0.6 is 11.8 Å².